The van der Waals surface area contributed by atoms with Gasteiger partial charge >= 0.3 is 0 Å². The first-order valence-corrected chi connectivity index (χ1v) is 11.1. The van der Waals surface area contributed by atoms with Crippen molar-refractivity contribution in [3.8, 4) is 11.5 Å². The molecule has 0 radical (unpaired) electrons. The van der Waals surface area contributed by atoms with E-state index in [-0.39, 0.29) is 35.2 Å². The highest BCUT2D eigenvalue weighted by molar-refractivity contribution is 7.16. The van der Waals surface area contributed by atoms with Gasteiger partial charge in [-0.2, -0.15) is 0 Å². The average molecular weight is 475 g/mol. The van der Waals surface area contributed by atoms with E-state index in [4.69, 9.17) is 9.47 Å². The summed E-state index contributed by atoms with van der Waals surface area (Å²) in [6.07, 6.45) is 0.480. The van der Waals surface area contributed by atoms with E-state index in [0.717, 1.165) is 10.6 Å². The second-order valence-electron chi connectivity index (χ2n) is 6.78. The molecule has 0 fully saturated rings. The van der Waals surface area contributed by atoms with Gasteiger partial charge in [0.25, 0.3) is 17.5 Å². The van der Waals surface area contributed by atoms with E-state index >= 15 is 0 Å². The number of nitrogens with one attached hydrogen (secondary N) is 1. The van der Waals surface area contributed by atoms with Crippen molar-refractivity contribution in [3.05, 3.63) is 60.8 Å². The minimum Gasteiger partial charge on any atom is -0.493 e. The van der Waals surface area contributed by atoms with Crippen molar-refractivity contribution in [2.24, 2.45) is 0 Å². The largest absolute Gasteiger partial charge is 0.493 e. The van der Waals surface area contributed by atoms with Crippen LogP contribution < -0.4 is 14.8 Å². The Morgan fingerprint density at radius 1 is 1.25 bits per heavy atom. The summed E-state index contributed by atoms with van der Waals surface area (Å²) < 4.78 is 10.3. The summed E-state index contributed by atoms with van der Waals surface area (Å²) in [7, 11) is 2.77. The molecule has 0 spiro atoms. The topological polar surface area (TPSA) is 124 Å². The van der Waals surface area contributed by atoms with Crippen LogP contribution in [0.3, 0.4) is 0 Å². The fourth-order valence-corrected chi connectivity index (χ4v) is 4.99. The Kier molecular flexibility index (Phi) is 6.06. The summed E-state index contributed by atoms with van der Waals surface area (Å²) in [6.45, 7) is 0.589. The first-order chi connectivity index (χ1) is 15.4. The number of nitro groups is 1. The van der Waals surface area contributed by atoms with Gasteiger partial charge in [-0.3, -0.25) is 25.0 Å². The zero-order valence-corrected chi connectivity index (χ0v) is 18.7. The predicted molar refractivity (Wildman–Crippen MR) is 119 cm³/mol. The van der Waals surface area contributed by atoms with Crippen LogP contribution in [-0.4, -0.2) is 47.4 Å². The number of benzene rings is 1. The summed E-state index contributed by atoms with van der Waals surface area (Å²) in [4.78, 5) is 43.8. The highest BCUT2D eigenvalue weighted by Crippen LogP contribution is 2.36. The van der Waals surface area contributed by atoms with Gasteiger partial charge in [-0.05, 0) is 11.4 Å². The van der Waals surface area contributed by atoms with E-state index in [0.29, 0.717) is 23.0 Å². The number of fused-ring (bicyclic) bond motifs is 1. The van der Waals surface area contributed by atoms with Crippen molar-refractivity contribution in [3.63, 3.8) is 0 Å². The van der Waals surface area contributed by atoms with E-state index < -0.39 is 10.8 Å². The normalized spacial score (nSPS) is 12.8. The number of hydrogen-bond donors (Lipinski definition) is 1. The van der Waals surface area contributed by atoms with E-state index in [1.165, 1.54) is 53.9 Å². The number of nitro benzene ring substituents is 1. The van der Waals surface area contributed by atoms with Gasteiger partial charge in [-0.1, -0.05) is 17.4 Å². The molecule has 2 aromatic heterocycles. The number of anilines is 1. The van der Waals surface area contributed by atoms with Crippen molar-refractivity contribution in [2.75, 3.05) is 26.1 Å². The Balaban J connectivity index is 1.56. The molecule has 1 aliphatic heterocycles. The van der Waals surface area contributed by atoms with Crippen LogP contribution in [0.5, 0.6) is 11.5 Å². The third-order valence-corrected chi connectivity index (χ3v) is 6.78. The van der Waals surface area contributed by atoms with Gasteiger partial charge in [-0.25, -0.2) is 4.98 Å². The van der Waals surface area contributed by atoms with Crippen LogP contribution in [0.25, 0.3) is 0 Å². The van der Waals surface area contributed by atoms with Crippen molar-refractivity contribution in [1.29, 1.82) is 0 Å². The first-order valence-electron chi connectivity index (χ1n) is 9.44. The number of ether oxygens (including phenoxy) is 2. The summed E-state index contributed by atoms with van der Waals surface area (Å²) in [6, 6.07) is 6.04. The lowest BCUT2D eigenvalue weighted by atomic mass is 10.1. The number of methoxy groups -OCH3 is 2. The molecular weight excluding hydrogens is 456 g/mol. The quantitative estimate of drug-likeness (QED) is 0.428. The molecule has 2 amide bonds. The van der Waals surface area contributed by atoms with Gasteiger partial charge in [0, 0.05) is 23.9 Å². The summed E-state index contributed by atoms with van der Waals surface area (Å²) >= 11 is 2.62. The maximum absolute atomic E-state index is 13.2. The van der Waals surface area contributed by atoms with E-state index in [2.05, 4.69) is 10.3 Å². The number of thiazole rings is 1. The Morgan fingerprint density at radius 3 is 2.66 bits per heavy atom. The lowest BCUT2D eigenvalue weighted by Gasteiger charge is -2.26. The molecule has 0 bridgehead atoms. The molecule has 12 heteroatoms. The Hall–Kier alpha value is -3.51. The van der Waals surface area contributed by atoms with Crippen molar-refractivity contribution in [1.82, 2.24) is 9.88 Å². The lowest BCUT2D eigenvalue weighted by molar-refractivity contribution is -0.385. The summed E-state index contributed by atoms with van der Waals surface area (Å²) in [5, 5.41) is 16.6. The Morgan fingerprint density at radius 2 is 2.00 bits per heavy atom. The van der Waals surface area contributed by atoms with Gasteiger partial charge in [0.05, 0.1) is 42.3 Å². The molecule has 0 saturated heterocycles. The van der Waals surface area contributed by atoms with E-state index in [1.54, 1.807) is 12.1 Å². The standard InChI is InChI=1S/C20H18N4O6S2/c1-29-14-8-11(13(24(27)28)9-15(14)30-2)19(26)23-6-5-12-17(10-23)32-20(21-12)22-18(25)16-4-3-7-31-16/h3-4,7-9H,5-6,10H2,1-2H3,(H,21,22,25). The summed E-state index contributed by atoms with van der Waals surface area (Å²) in [5.41, 5.74) is 0.376. The molecule has 1 N–H and O–H groups in total. The van der Waals surface area contributed by atoms with Crippen LogP contribution in [0.15, 0.2) is 29.6 Å². The minimum absolute atomic E-state index is 0.0770. The van der Waals surface area contributed by atoms with Crippen LogP contribution in [0.1, 0.15) is 30.6 Å². The fraction of sp³-hybridized carbons (Fsp3) is 0.250. The zero-order valence-electron chi connectivity index (χ0n) is 17.1. The van der Waals surface area contributed by atoms with Crippen LogP contribution in [-0.2, 0) is 13.0 Å². The number of hydrogen-bond acceptors (Lipinski definition) is 9. The van der Waals surface area contributed by atoms with Crippen molar-refractivity contribution >= 4 is 45.3 Å². The smallest absolute Gasteiger partial charge is 0.286 e. The number of aromatic nitrogens is 1. The number of amides is 2. The minimum atomic E-state index is -0.616. The Labute approximate surface area is 190 Å². The maximum Gasteiger partial charge on any atom is 0.286 e. The molecule has 0 unspecified atom stereocenters. The van der Waals surface area contributed by atoms with Gasteiger partial charge in [0.2, 0.25) is 0 Å². The lowest BCUT2D eigenvalue weighted by Crippen LogP contribution is -2.35. The van der Waals surface area contributed by atoms with Crippen molar-refractivity contribution in [2.45, 2.75) is 13.0 Å². The van der Waals surface area contributed by atoms with Crippen LogP contribution >= 0.6 is 22.7 Å². The SMILES string of the molecule is COc1cc(C(=O)N2CCc3nc(NC(=O)c4cccs4)sc3C2)c([N+](=O)[O-])cc1OC. The molecule has 10 nitrogen and oxygen atoms in total. The van der Waals surface area contributed by atoms with E-state index in [1.807, 2.05) is 5.38 Å². The maximum atomic E-state index is 13.2. The van der Waals surface area contributed by atoms with Gasteiger partial charge in [0.15, 0.2) is 16.6 Å². The molecule has 0 saturated carbocycles. The molecular formula is C20H18N4O6S2. The monoisotopic (exact) mass is 474 g/mol. The molecule has 3 heterocycles. The number of nitrogens with zero attached hydrogens (tertiary/aromatic N) is 3. The number of rotatable bonds is 6. The number of thiophene rings is 1. The highest BCUT2D eigenvalue weighted by atomic mass is 32.1. The molecule has 1 aromatic carbocycles. The van der Waals surface area contributed by atoms with Gasteiger partial charge in [-0.15, -0.1) is 11.3 Å². The third kappa shape index (κ3) is 4.14. The first kappa shape index (κ1) is 21.7. The molecule has 166 valence electrons. The molecule has 1 aliphatic rings. The highest BCUT2D eigenvalue weighted by Gasteiger charge is 2.31. The van der Waals surface area contributed by atoms with Gasteiger partial charge in [0.1, 0.15) is 5.56 Å². The molecule has 32 heavy (non-hydrogen) atoms. The van der Waals surface area contributed by atoms with Gasteiger partial charge < -0.3 is 14.4 Å². The Bertz CT molecular complexity index is 1190. The molecule has 0 atom stereocenters. The van der Waals surface area contributed by atoms with Crippen LogP contribution in [0.4, 0.5) is 10.8 Å². The molecule has 0 aliphatic carbocycles. The third-order valence-electron chi connectivity index (χ3n) is 4.91. The fourth-order valence-electron chi connectivity index (χ4n) is 3.35. The van der Waals surface area contributed by atoms with Crippen molar-refractivity contribution < 1.29 is 24.0 Å². The molecule has 4 rings (SSSR count). The van der Waals surface area contributed by atoms with Crippen LogP contribution in [0, 0.1) is 10.1 Å². The van der Waals surface area contributed by atoms with Crippen LogP contribution in [0.2, 0.25) is 0 Å². The zero-order chi connectivity index (χ0) is 22.8. The second kappa shape index (κ2) is 8.93. The number of carbonyl (C=O) groups excluding carboxylic acids is 2. The average Bonchev–Trinajstić information content (AvgIpc) is 3.46. The summed E-state index contributed by atoms with van der Waals surface area (Å²) in [5.74, 6) is -0.318. The molecule has 3 aromatic rings. The van der Waals surface area contributed by atoms with E-state index in [9.17, 15) is 19.7 Å². The second-order valence-corrected chi connectivity index (χ2v) is 8.81. The predicted octanol–water partition coefficient (Wildman–Crippen LogP) is 3.58. The number of carbonyl (C=O) groups is 2.